The van der Waals surface area contributed by atoms with Crippen LogP contribution in [0.4, 0.5) is 8.78 Å². The number of alkyl halides is 2. The Morgan fingerprint density at radius 3 is 2.48 bits per heavy atom. The minimum absolute atomic E-state index is 0.0462. The molecule has 2 heterocycles. The summed E-state index contributed by atoms with van der Waals surface area (Å²) in [5.74, 6) is 4.96. The first-order chi connectivity index (χ1) is 10.1. The molecule has 2 aromatic heterocycles. The standard InChI is InChI=1S/C9H9F2N5O.2CHN/c1-15-7-6(16(8(10)11)9(15)17)2-5(3-13-7)4-14-12;2*1-2/h2-4,8H,12H2,1H3;2*1H. The molecule has 0 aliphatic rings. The smallest absolute Gasteiger partial charge is 0.323 e. The van der Waals surface area contributed by atoms with Gasteiger partial charge in [-0.1, -0.05) is 0 Å². The number of hydrogen-bond donors (Lipinski definition) is 1. The fraction of sp³-hybridized carbons (Fsp3) is 0.182. The monoisotopic (exact) mass is 295 g/mol. The first-order valence-electron chi connectivity index (χ1n) is 5.16. The Morgan fingerprint density at radius 2 is 2.00 bits per heavy atom. The SMILES string of the molecule is C#N.C#N.Cn1c(=O)n(C(F)F)c2cc(C=NN)cnc21. The van der Waals surface area contributed by atoms with E-state index in [1.807, 2.05) is 0 Å². The second kappa shape index (κ2) is 8.01. The van der Waals surface area contributed by atoms with Gasteiger partial charge in [0.05, 0.1) is 11.7 Å². The van der Waals surface area contributed by atoms with Gasteiger partial charge in [0.2, 0.25) is 0 Å². The number of nitrogens with zero attached hydrogens (tertiary/aromatic N) is 6. The number of hydrogen-bond acceptors (Lipinski definition) is 6. The molecule has 0 saturated heterocycles. The van der Waals surface area contributed by atoms with Gasteiger partial charge in [-0.3, -0.25) is 4.57 Å². The second-order valence-corrected chi connectivity index (χ2v) is 3.38. The van der Waals surface area contributed by atoms with Gasteiger partial charge in [-0.05, 0) is 6.07 Å². The van der Waals surface area contributed by atoms with Crippen molar-refractivity contribution in [2.75, 3.05) is 0 Å². The van der Waals surface area contributed by atoms with E-state index in [1.165, 1.54) is 25.5 Å². The predicted octanol–water partition coefficient (Wildman–Crippen LogP) is 0.702. The Kier molecular flexibility index (Phi) is 6.76. The summed E-state index contributed by atoms with van der Waals surface area (Å²) in [5.41, 5.74) is -0.140. The third-order valence-corrected chi connectivity index (χ3v) is 2.36. The molecule has 0 unspecified atom stereocenters. The molecule has 0 atom stereocenters. The van der Waals surface area contributed by atoms with E-state index in [-0.39, 0.29) is 11.2 Å². The van der Waals surface area contributed by atoms with E-state index in [0.29, 0.717) is 10.1 Å². The van der Waals surface area contributed by atoms with Gasteiger partial charge in [-0.15, -0.1) is 0 Å². The van der Waals surface area contributed by atoms with Gasteiger partial charge in [0.15, 0.2) is 5.65 Å². The molecule has 0 aromatic carbocycles. The van der Waals surface area contributed by atoms with Crippen molar-refractivity contribution in [3.8, 4) is 13.1 Å². The Morgan fingerprint density at radius 1 is 1.43 bits per heavy atom. The molecular formula is C11H11F2N7O. The Hall–Kier alpha value is -3.27. The topological polar surface area (TPSA) is 126 Å². The van der Waals surface area contributed by atoms with Gasteiger partial charge in [0.25, 0.3) is 0 Å². The van der Waals surface area contributed by atoms with Crippen LogP contribution in [0, 0.1) is 23.7 Å². The van der Waals surface area contributed by atoms with Crippen molar-refractivity contribution in [3.63, 3.8) is 0 Å². The fourth-order valence-electron chi connectivity index (χ4n) is 1.60. The van der Waals surface area contributed by atoms with Crippen LogP contribution in [0.15, 0.2) is 22.2 Å². The van der Waals surface area contributed by atoms with Crippen LogP contribution in [-0.2, 0) is 7.05 Å². The fourth-order valence-corrected chi connectivity index (χ4v) is 1.60. The number of aromatic nitrogens is 3. The number of nitrogens with two attached hydrogens (primary N) is 1. The van der Waals surface area contributed by atoms with Crippen molar-refractivity contribution in [1.82, 2.24) is 14.1 Å². The number of aryl methyl sites for hydroxylation is 1. The lowest BCUT2D eigenvalue weighted by Crippen LogP contribution is -2.22. The average molecular weight is 295 g/mol. The molecule has 2 N–H and O–H groups in total. The number of fused-ring (bicyclic) bond motifs is 1. The van der Waals surface area contributed by atoms with E-state index < -0.39 is 12.2 Å². The van der Waals surface area contributed by atoms with Crippen LogP contribution >= 0.6 is 0 Å². The molecule has 0 saturated carbocycles. The second-order valence-electron chi connectivity index (χ2n) is 3.38. The largest absolute Gasteiger partial charge is 0.334 e. The maximum atomic E-state index is 12.8. The Balaban J connectivity index is 0.000000921. The van der Waals surface area contributed by atoms with E-state index in [0.717, 1.165) is 4.57 Å². The van der Waals surface area contributed by atoms with Crippen LogP contribution < -0.4 is 11.5 Å². The zero-order chi connectivity index (χ0) is 16.6. The highest BCUT2D eigenvalue weighted by Gasteiger charge is 2.18. The van der Waals surface area contributed by atoms with Crippen molar-refractivity contribution in [3.05, 3.63) is 28.3 Å². The quantitative estimate of drug-likeness (QED) is 0.496. The molecule has 0 radical (unpaired) electrons. The maximum Gasteiger partial charge on any atom is 0.334 e. The average Bonchev–Trinajstić information content (AvgIpc) is 2.75. The van der Waals surface area contributed by atoms with E-state index in [2.05, 4.69) is 23.2 Å². The van der Waals surface area contributed by atoms with Crippen molar-refractivity contribution in [2.45, 2.75) is 6.55 Å². The maximum absolute atomic E-state index is 12.8. The molecular weight excluding hydrogens is 284 g/mol. The zero-order valence-corrected chi connectivity index (χ0v) is 10.9. The molecule has 2 rings (SSSR count). The number of rotatable bonds is 2. The van der Waals surface area contributed by atoms with Crippen molar-refractivity contribution in [1.29, 1.82) is 10.5 Å². The number of imidazole rings is 1. The molecule has 2 aromatic rings. The lowest BCUT2D eigenvalue weighted by molar-refractivity contribution is 0.0705. The van der Waals surface area contributed by atoms with Gasteiger partial charge in [0.1, 0.15) is 0 Å². The summed E-state index contributed by atoms with van der Waals surface area (Å²) in [6.07, 6.45) is 2.66. The van der Waals surface area contributed by atoms with E-state index in [9.17, 15) is 13.6 Å². The molecule has 0 aliphatic carbocycles. The molecule has 0 aliphatic heterocycles. The summed E-state index contributed by atoms with van der Waals surface area (Å²) in [7, 11) is 1.38. The van der Waals surface area contributed by atoms with Crippen LogP contribution in [0.3, 0.4) is 0 Å². The van der Waals surface area contributed by atoms with Gasteiger partial charge in [-0.2, -0.15) is 13.9 Å². The molecule has 0 bridgehead atoms. The normalized spacial score (nSPS) is 9.90. The predicted molar refractivity (Wildman–Crippen MR) is 71.3 cm³/mol. The van der Waals surface area contributed by atoms with Crippen molar-refractivity contribution >= 4 is 17.4 Å². The van der Waals surface area contributed by atoms with E-state index in [1.54, 1.807) is 0 Å². The number of hydrazone groups is 1. The first-order valence-corrected chi connectivity index (χ1v) is 5.16. The summed E-state index contributed by atoms with van der Waals surface area (Å²) in [6.45, 7) is 4.08. The highest BCUT2D eigenvalue weighted by atomic mass is 19.3. The molecule has 110 valence electrons. The molecule has 8 nitrogen and oxygen atoms in total. The summed E-state index contributed by atoms with van der Waals surface area (Å²) in [4.78, 5) is 15.5. The lowest BCUT2D eigenvalue weighted by atomic mass is 10.3. The Labute approximate surface area is 118 Å². The van der Waals surface area contributed by atoms with Gasteiger partial charge < -0.3 is 5.84 Å². The van der Waals surface area contributed by atoms with Crippen LogP contribution in [-0.4, -0.2) is 20.3 Å². The minimum Gasteiger partial charge on any atom is -0.323 e. The van der Waals surface area contributed by atoms with Crippen LogP contribution in [0.25, 0.3) is 11.2 Å². The molecule has 0 fully saturated rings. The lowest BCUT2D eigenvalue weighted by Gasteiger charge is -2.00. The van der Waals surface area contributed by atoms with Crippen molar-refractivity contribution < 1.29 is 8.78 Å². The van der Waals surface area contributed by atoms with Gasteiger partial charge in [-0.25, -0.2) is 24.9 Å². The summed E-state index contributed by atoms with van der Waals surface area (Å²) in [6, 6.07) is 1.38. The molecule has 10 heteroatoms. The summed E-state index contributed by atoms with van der Waals surface area (Å²) in [5, 5.41) is 16.3. The third-order valence-electron chi connectivity index (χ3n) is 2.36. The van der Waals surface area contributed by atoms with Crippen molar-refractivity contribution in [2.24, 2.45) is 18.0 Å². The Bertz CT molecular complexity index is 720. The van der Waals surface area contributed by atoms with Crippen LogP contribution in [0.5, 0.6) is 0 Å². The van der Waals surface area contributed by atoms with Gasteiger partial charge >= 0.3 is 12.2 Å². The van der Waals surface area contributed by atoms with E-state index in [4.69, 9.17) is 16.4 Å². The molecule has 21 heavy (non-hydrogen) atoms. The highest BCUT2D eigenvalue weighted by molar-refractivity contribution is 5.85. The minimum atomic E-state index is -2.92. The van der Waals surface area contributed by atoms with Crippen LogP contribution in [0.2, 0.25) is 0 Å². The first kappa shape index (κ1) is 17.7. The third kappa shape index (κ3) is 3.39. The number of nitriles is 2. The van der Waals surface area contributed by atoms with Crippen LogP contribution in [0.1, 0.15) is 12.1 Å². The molecule has 0 spiro atoms. The van der Waals surface area contributed by atoms with E-state index >= 15 is 0 Å². The molecule has 0 amide bonds. The summed E-state index contributed by atoms with van der Waals surface area (Å²) < 4.78 is 26.9. The highest BCUT2D eigenvalue weighted by Crippen LogP contribution is 2.17. The summed E-state index contributed by atoms with van der Waals surface area (Å²) >= 11 is 0. The van der Waals surface area contributed by atoms with Gasteiger partial charge in [0, 0.05) is 32.0 Å². The number of halogens is 2. The number of pyridine rings is 1. The zero-order valence-electron chi connectivity index (χ0n) is 10.9.